The van der Waals surface area contributed by atoms with Gasteiger partial charge in [-0.05, 0) is 43.7 Å². The molecule has 138 valence electrons. The summed E-state index contributed by atoms with van der Waals surface area (Å²) in [5.41, 5.74) is 1.77. The van der Waals surface area contributed by atoms with Crippen molar-refractivity contribution >= 4 is 11.9 Å². The lowest BCUT2D eigenvalue weighted by atomic mass is 9.81. The molecule has 0 radical (unpaired) electrons. The zero-order chi connectivity index (χ0) is 18.4. The number of hydrogen-bond donors (Lipinski definition) is 2. The van der Waals surface area contributed by atoms with Gasteiger partial charge in [-0.3, -0.25) is 4.79 Å². The van der Waals surface area contributed by atoms with Gasteiger partial charge in [-0.1, -0.05) is 38.1 Å². The predicted molar refractivity (Wildman–Crippen MR) is 100 cm³/mol. The van der Waals surface area contributed by atoms with Crippen molar-refractivity contribution in [1.29, 1.82) is 0 Å². The average molecular weight is 345 g/mol. The number of nitrogens with zero attached hydrogens (tertiary/aromatic N) is 1. The topological polar surface area (TPSA) is 61.4 Å². The van der Waals surface area contributed by atoms with Crippen LogP contribution in [0.4, 0.5) is 4.79 Å². The maximum Gasteiger partial charge on any atom is 0.317 e. The van der Waals surface area contributed by atoms with Gasteiger partial charge in [-0.15, -0.1) is 0 Å². The number of benzene rings is 1. The average Bonchev–Trinajstić information content (AvgIpc) is 2.58. The van der Waals surface area contributed by atoms with Crippen LogP contribution in [0.2, 0.25) is 0 Å². The minimum atomic E-state index is -0.532. The number of nitrogens with one attached hydrogen (secondary N) is 2. The molecular weight excluding hydrogens is 314 g/mol. The van der Waals surface area contributed by atoms with E-state index in [-0.39, 0.29) is 11.9 Å². The number of carbonyl (C=O) groups excluding carboxylic acids is 2. The number of carbonyl (C=O) groups is 2. The van der Waals surface area contributed by atoms with Gasteiger partial charge in [0.05, 0.1) is 5.41 Å². The van der Waals surface area contributed by atoms with Crippen LogP contribution in [0.3, 0.4) is 0 Å². The minimum absolute atomic E-state index is 0.0251. The summed E-state index contributed by atoms with van der Waals surface area (Å²) in [5.74, 6) is 0.439. The van der Waals surface area contributed by atoms with E-state index in [0.717, 1.165) is 18.4 Å². The lowest BCUT2D eigenvalue weighted by Crippen LogP contribution is -2.54. The third-order valence-electron chi connectivity index (χ3n) is 4.89. The zero-order valence-electron chi connectivity index (χ0n) is 15.9. The molecule has 0 spiro atoms. The van der Waals surface area contributed by atoms with Gasteiger partial charge < -0.3 is 15.5 Å². The van der Waals surface area contributed by atoms with Crippen LogP contribution in [0.1, 0.15) is 44.7 Å². The molecule has 5 heteroatoms. The summed E-state index contributed by atoms with van der Waals surface area (Å²) in [5, 5.41) is 6.01. The molecular formula is C20H31N3O2. The summed E-state index contributed by atoms with van der Waals surface area (Å²) >= 11 is 0. The van der Waals surface area contributed by atoms with E-state index in [0.29, 0.717) is 32.1 Å². The van der Waals surface area contributed by atoms with Crippen LogP contribution < -0.4 is 10.6 Å². The van der Waals surface area contributed by atoms with E-state index in [2.05, 4.69) is 24.5 Å². The van der Waals surface area contributed by atoms with Crippen molar-refractivity contribution in [3.05, 3.63) is 35.4 Å². The van der Waals surface area contributed by atoms with E-state index in [4.69, 9.17) is 0 Å². The first-order valence-corrected chi connectivity index (χ1v) is 9.17. The Labute approximate surface area is 151 Å². The molecule has 1 aromatic rings. The lowest BCUT2D eigenvalue weighted by Gasteiger charge is -2.39. The largest absolute Gasteiger partial charge is 0.351 e. The molecule has 5 nitrogen and oxygen atoms in total. The number of piperidine rings is 1. The summed E-state index contributed by atoms with van der Waals surface area (Å²) in [6, 6.07) is 8.00. The molecule has 1 aromatic carbocycles. The fourth-order valence-electron chi connectivity index (χ4n) is 3.20. The number of likely N-dealkylation sites (tertiary alicyclic amines) is 1. The molecule has 0 bridgehead atoms. The van der Waals surface area contributed by atoms with Gasteiger partial charge in [-0.2, -0.15) is 0 Å². The molecule has 1 atom stereocenters. The summed E-state index contributed by atoms with van der Waals surface area (Å²) in [4.78, 5) is 26.9. The molecule has 1 heterocycles. The van der Waals surface area contributed by atoms with Gasteiger partial charge in [0, 0.05) is 26.2 Å². The molecule has 0 aromatic heterocycles. The van der Waals surface area contributed by atoms with E-state index in [9.17, 15) is 9.59 Å². The van der Waals surface area contributed by atoms with E-state index < -0.39 is 5.41 Å². The van der Waals surface area contributed by atoms with E-state index >= 15 is 0 Å². The highest BCUT2D eigenvalue weighted by atomic mass is 16.2. The first-order valence-electron chi connectivity index (χ1n) is 9.17. The second-order valence-electron chi connectivity index (χ2n) is 7.77. The quantitative estimate of drug-likeness (QED) is 0.861. The normalized spacial score (nSPS) is 20.4. The summed E-state index contributed by atoms with van der Waals surface area (Å²) in [6.45, 7) is 10.5. The van der Waals surface area contributed by atoms with Crippen LogP contribution >= 0.6 is 0 Å². The first kappa shape index (κ1) is 19.3. The predicted octanol–water partition coefficient (Wildman–Crippen LogP) is 3.08. The summed E-state index contributed by atoms with van der Waals surface area (Å²) in [7, 11) is 0. The van der Waals surface area contributed by atoms with Crippen molar-refractivity contribution in [3.8, 4) is 0 Å². The maximum atomic E-state index is 12.8. The Bertz CT molecular complexity index is 615. The smallest absolute Gasteiger partial charge is 0.317 e. The summed E-state index contributed by atoms with van der Waals surface area (Å²) < 4.78 is 0. The molecule has 3 amide bonds. The zero-order valence-corrected chi connectivity index (χ0v) is 15.9. The van der Waals surface area contributed by atoms with Crippen LogP contribution in [0, 0.1) is 18.3 Å². The van der Waals surface area contributed by atoms with Crippen LogP contribution in [-0.2, 0) is 11.3 Å². The fourth-order valence-corrected chi connectivity index (χ4v) is 3.20. The van der Waals surface area contributed by atoms with Crippen molar-refractivity contribution in [2.24, 2.45) is 11.3 Å². The van der Waals surface area contributed by atoms with Gasteiger partial charge in [0.1, 0.15) is 0 Å². The Hall–Kier alpha value is -2.04. The Morgan fingerprint density at radius 3 is 2.64 bits per heavy atom. The minimum Gasteiger partial charge on any atom is -0.351 e. The van der Waals surface area contributed by atoms with Crippen molar-refractivity contribution in [1.82, 2.24) is 15.5 Å². The molecule has 1 aliphatic heterocycles. The third kappa shape index (κ3) is 5.21. The van der Waals surface area contributed by atoms with Gasteiger partial charge in [0.15, 0.2) is 0 Å². The molecule has 0 saturated carbocycles. The number of amides is 3. The molecule has 1 fully saturated rings. The van der Waals surface area contributed by atoms with E-state index in [1.54, 1.807) is 4.90 Å². The van der Waals surface area contributed by atoms with E-state index in [1.807, 2.05) is 38.1 Å². The monoisotopic (exact) mass is 345 g/mol. The van der Waals surface area contributed by atoms with Crippen molar-refractivity contribution < 1.29 is 9.59 Å². The van der Waals surface area contributed by atoms with Gasteiger partial charge in [0.2, 0.25) is 5.91 Å². The highest BCUT2D eigenvalue weighted by Crippen LogP contribution is 2.30. The van der Waals surface area contributed by atoms with Crippen molar-refractivity contribution in [2.45, 2.75) is 47.1 Å². The molecule has 25 heavy (non-hydrogen) atoms. The highest BCUT2D eigenvalue weighted by Gasteiger charge is 2.39. The highest BCUT2D eigenvalue weighted by molar-refractivity contribution is 5.84. The standard InChI is InChI=1S/C20H31N3O2/c1-15(2)12-22-19(25)23-11-7-10-20(4,14-23)18(24)21-13-17-9-6-5-8-16(17)3/h5-6,8-9,15H,7,10-14H2,1-4H3,(H,21,24)(H,22,25). The molecule has 1 aliphatic rings. The number of urea groups is 1. The lowest BCUT2D eigenvalue weighted by molar-refractivity contribution is -0.132. The number of rotatable bonds is 5. The fraction of sp³-hybridized carbons (Fsp3) is 0.600. The second kappa shape index (κ2) is 8.37. The number of aryl methyl sites for hydroxylation is 1. The second-order valence-corrected chi connectivity index (χ2v) is 7.77. The summed E-state index contributed by atoms with van der Waals surface area (Å²) in [6.07, 6.45) is 1.66. The molecule has 2 rings (SSSR count). The third-order valence-corrected chi connectivity index (χ3v) is 4.89. The van der Waals surface area contributed by atoms with Crippen LogP contribution in [0.25, 0.3) is 0 Å². The SMILES string of the molecule is Cc1ccccc1CNC(=O)C1(C)CCCN(C(=O)NCC(C)C)C1. The van der Waals surface area contributed by atoms with Crippen molar-refractivity contribution in [3.63, 3.8) is 0 Å². The Morgan fingerprint density at radius 2 is 1.96 bits per heavy atom. The Morgan fingerprint density at radius 1 is 1.24 bits per heavy atom. The first-order chi connectivity index (χ1) is 11.8. The molecule has 2 N–H and O–H groups in total. The van der Waals surface area contributed by atoms with Crippen LogP contribution in [-0.4, -0.2) is 36.5 Å². The molecule has 0 aliphatic carbocycles. The van der Waals surface area contributed by atoms with E-state index in [1.165, 1.54) is 5.56 Å². The Kier molecular flexibility index (Phi) is 6.45. The van der Waals surface area contributed by atoms with Crippen molar-refractivity contribution in [2.75, 3.05) is 19.6 Å². The van der Waals surface area contributed by atoms with Gasteiger partial charge >= 0.3 is 6.03 Å². The van der Waals surface area contributed by atoms with Gasteiger partial charge in [-0.25, -0.2) is 4.79 Å². The maximum absolute atomic E-state index is 12.8. The van der Waals surface area contributed by atoms with Crippen LogP contribution in [0.15, 0.2) is 24.3 Å². The number of hydrogen-bond acceptors (Lipinski definition) is 2. The van der Waals surface area contributed by atoms with Gasteiger partial charge in [0.25, 0.3) is 0 Å². The molecule has 1 saturated heterocycles. The Balaban J connectivity index is 1.93. The van der Waals surface area contributed by atoms with Crippen LogP contribution in [0.5, 0.6) is 0 Å². The molecule has 1 unspecified atom stereocenters.